The summed E-state index contributed by atoms with van der Waals surface area (Å²) < 4.78 is 2.26. The molecule has 1 heterocycles. The summed E-state index contributed by atoms with van der Waals surface area (Å²) in [6.45, 7) is 13.4. The van der Waals surface area contributed by atoms with Gasteiger partial charge in [-0.05, 0) is 17.8 Å². The fourth-order valence-electron chi connectivity index (χ4n) is 2.29. The summed E-state index contributed by atoms with van der Waals surface area (Å²) in [6.07, 6.45) is 9.22. The lowest BCUT2D eigenvalue weighted by Crippen LogP contribution is -2.21. The number of unbranched alkanes of at least 4 members (excludes halogenated alkanes) is 2. The first-order valence-electron chi connectivity index (χ1n) is 7.69. The molecule has 0 aromatic carbocycles. The van der Waals surface area contributed by atoms with Crippen LogP contribution in [0.2, 0.25) is 0 Å². The number of hydrogen-bond acceptors (Lipinski definition) is 2. The summed E-state index contributed by atoms with van der Waals surface area (Å²) in [4.78, 5) is 4.42. The molecule has 3 heteroatoms. The Bertz CT molecular complexity index is 353. The average molecular weight is 265 g/mol. The second-order valence-corrected chi connectivity index (χ2v) is 6.77. The summed E-state index contributed by atoms with van der Waals surface area (Å²) in [6, 6.07) is 0. The van der Waals surface area contributed by atoms with E-state index in [0.717, 1.165) is 19.0 Å². The van der Waals surface area contributed by atoms with Crippen LogP contribution < -0.4 is 5.32 Å². The predicted octanol–water partition coefficient (Wildman–Crippen LogP) is 4.56. The summed E-state index contributed by atoms with van der Waals surface area (Å²) in [5.41, 5.74) is 0.337. The molecule has 1 aromatic heterocycles. The Morgan fingerprint density at radius 3 is 2.68 bits per heavy atom. The number of nitrogens with zero attached hydrogens (tertiary/aromatic N) is 2. The predicted molar refractivity (Wildman–Crippen MR) is 83.5 cm³/mol. The Morgan fingerprint density at radius 1 is 1.32 bits per heavy atom. The molecule has 0 spiro atoms. The molecule has 0 radical (unpaired) electrons. The van der Waals surface area contributed by atoms with Crippen molar-refractivity contribution >= 4 is 5.95 Å². The van der Waals surface area contributed by atoms with Crippen molar-refractivity contribution in [3.05, 3.63) is 12.4 Å². The molecule has 1 N–H and O–H groups in total. The third-order valence-corrected chi connectivity index (χ3v) is 3.44. The summed E-state index contributed by atoms with van der Waals surface area (Å²) >= 11 is 0. The van der Waals surface area contributed by atoms with Crippen molar-refractivity contribution in [1.82, 2.24) is 9.55 Å². The molecule has 1 rings (SSSR count). The number of imidazole rings is 1. The smallest absolute Gasteiger partial charge is 0.202 e. The molecule has 0 aliphatic heterocycles. The Balaban J connectivity index is 2.53. The first kappa shape index (κ1) is 16.1. The second-order valence-electron chi connectivity index (χ2n) is 6.77. The first-order valence-corrected chi connectivity index (χ1v) is 7.69. The monoisotopic (exact) mass is 265 g/mol. The fraction of sp³-hybridized carbons (Fsp3) is 0.812. The topological polar surface area (TPSA) is 29.9 Å². The number of anilines is 1. The highest BCUT2D eigenvalue weighted by Crippen LogP contribution is 2.27. The van der Waals surface area contributed by atoms with Crippen LogP contribution in [0.15, 0.2) is 12.4 Å². The van der Waals surface area contributed by atoms with E-state index in [1.165, 1.54) is 25.7 Å². The Hall–Kier alpha value is -0.990. The SMILES string of the molecule is CCCCCC(C)(C)Cn1ccnc1NCC(C)C. The van der Waals surface area contributed by atoms with Crippen LogP contribution in [0.25, 0.3) is 0 Å². The molecule has 0 saturated carbocycles. The van der Waals surface area contributed by atoms with Gasteiger partial charge in [0.2, 0.25) is 5.95 Å². The average Bonchev–Trinajstić information content (AvgIpc) is 2.73. The zero-order valence-electron chi connectivity index (χ0n) is 13.4. The Kier molecular flexibility index (Phi) is 6.40. The van der Waals surface area contributed by atoms with E-state index in [-0.39, 0.29) is 0 Å². The van der Waals surface area contributed by atoms with Crippen LogP contribution in [0.5, 0.6) is 0 Å². The van der Waals surface area contributed by atoms with Crippen molar-refractivity contribution < 1.29 is 0 Å². The van der Waals surface area contributed by atoms with Crippen LogP contribution in [0, 0.1) is 11.3 Å². The molecule has 0 aliphatic carbocycles. The third-order valence-electron chi connectivity index (χ3n) is 3.44. The Morgan fingerprint density at radius 2 is 2.05 bits per heavy atom. The van der Waals surface area contributed by atoms with Crippen molar-refractivity contribution in [3.8, 4) is 0 Å². The maximum Gasteiger partial charge on any atom is 0.202 e. The van der Waals surface area contributed by atoms with Crippen LogP contribution in [0.3, 0.4) is 0 Å². The van der Waals surface area contributed by atoms with Gasteiger partial charge >= 0.3 is 0 Å². The molecule has 0 atom stereocenters. The van der Waals surface area contributed by atoms with E-state index in [9.17, 15) is 0 Å². The number of aromatic nitrogens is 2. The molecule has 0 fully saturated rings. The maximum atomic E-state index is 4.42. The van der Waals surface area contributed by atoms with Crippen LogP contribution >= 0.6 is 0 Å². The lowest BCUT2D eigenvalue weighted by atomic mass is 9.87. The summed E-state index contributed by atoms with van der Waals surface area (Å²) in [5, 5.41) is 3.43. The van der Waals surface area contributed by atoms with Crippen molar-refractivity contribution in [1.29, 1.82) is 0 Å². The molecule has 0 amide bonds. The lowest BCUT2D eigenvalue weighted by molar-refractivity contribution is 0.273. The van der Waals surface area contributed by atoms with Crippen molar-refractivity contribution in [2.45, 2.75) is 66.8 Å². The van der Waals surface area contributed by atoms with Gasteiger partial charge in [0.25, 0.3) is 0 Å². The van der Waals surface area contributed by atoms with E-state index < -0.39 is 0 Å². The van der Waals surface area contributed by atoms with Crippen LogP contribution in [0.1, 0.15) is 60.3 Å². The van der Waals surface area contributed by atoms with E-state index in [0.29, 0.717) is 11.3 Å². The minimum atomic E-state index is 0.337. The van der Waals surface area contributed by atoms with Crippen molar-refractivity contribution in [2.24, 2.45) is 11.3 Å². The van der Waals surface area contributed by atoms with Crippen LogP contribution in [-0.2, 0) is 6.54 Å². The highest BCUT2D eigenvalue weighted by molar-refractivity contribution is 5.25. The van der Waals surface area contributed by atoms with E-state index >= 15 is 0 Å². The van der Waals surface area contributed by atoms with E-state index in [1.807, 2.05) is 6.20 Å². The quantitative estimate of drug-likeness (QED) is 0.663. The van der Waals surface area contributed by atoms with Crippen LogP contribution in [0.4, 0.5) is 5.95 Å². The molecule has 3 nitrogen and oxygen atoms in total. The molecule has 19 heavy (non-hydrogen) atoms. The minimum absolute atomic E-state index is 0.337. The van der Waals surface area contributed by atoms with E-state index in [2.05, 4.69) is 55.7 Å². The van der Waals surface area contributed by atoms with Crippen molar-refractivity contribution in [3.63, 3.8) is 0 Å². The zero-order valence-corrected chi connectivity index (χ0v) is 13.4. The standard InChI is InChI=1S/C16H31N3/c1-6-7-8-9-16(4,5)13-19-11-10-17-15(19)18-12-14(2)3/h10-11,14H,6-9,12-13H2,1-5H3,(H,17,18). The lowest BCUT2D eigenvalue weighted by Gasteiger charge is -2.26. The van der Waals surface area contributed by atoms with Crippen molar-refractivity contribution in [2.75, 3.05) is 11.9 Å². The summed E-state index contributed by atoms with van der Waals surface area (Å²) in [5.74, 6) is 1.65. The van der Waals surface area contributed by atoms with Gasteiger partial charge in [0.05, 0.1) is 0 Å². The minimum Gasteiger partial charge on any atom is -0.355 e. The maximum absolute atomic E-state index is 4.42. The van der Waals surface area contributed by atoms with Gasteiger partial charge in [-0.15, -0.1) is 0 Å². The summed E-state index contributed by atoms with van der Waals surface area (Å²) in [7, 11) is 0. The Labute approximate surface area is 118 Å². The largest absolute Gasteiger partial charge is 0.355 e. The molecule has 0 aliphatic rings. The van der Waals surface area contributed by atoms with Gasteiger partial charge in [0, 0.05) is 25.5 Å². The molecule has 0 bridgehead atoms. The van der Waals surface area contributed by atoms with E-state index in [4.69, 9.17) is 0 Å². The fourth-order valence-corrected chi connectivity index (χ4v) is 2.29. The van der Waals surface area contributed by atoms with Gasteiger partial charge in [-0.1, -0.05) is 53.9 Å². The number of rotatable bonds is 9. The van der Waals surface area contributed by atoms with E-state index in [1.54, 1.807) is 0 Å². The van der Waals surface area contributed by atoms with Gasteiger partial charge in [0.1, 0.15) is 0 Å². The van der Waals surface area contributed by atoms with Gasteiger partial charge in [-0.3, -0.25) is 0 Å². The molecular formula is C16H31N3. The first-order chi connectivity index (χ1) is 8.94. The molecule has 1 aromatic rings. The van der Waals surface area contributed by atoms with Gasteiger partial charge in [0.15, 0.2) is 0 Å². The van der Waals surface area contributed by atoms with Gasteiger partial charge < -0.3 is 9.88 Å². The van der Waals surface area contributed by atoms with Gasteiger partial charge in [-0.2, -0.15) is 0 Å². The van der Waals surface area contributed by atoms with Crippen LogP contribution in [-0.4, -0.2) is 16.1 Å². The molecule has 0 saturated heterocycles. The highest BCUT2D eigenvalue weighted by atomic mass is 15.2. The number of nitrogens with one attached hydrogen (secondary N) is 1. The highest BCUT2D eigenvalue weighted by Gasteiger charge is 2.19. The zero-order chi connectivity index (χ0) is 14.3. The second kappa shape index (κ2) is 7.56. The third kappa shape index (κ3) is 6.13. The number of hydrogen-bond donors (Lipinski definition) is 1. The molecular weight excluding hydrogens is 234 g/mol. The molecule has 0 unspecified atom stereocenters. The normalized spacial score (nSPS) is 12.1. The molecule has 110 valence electrons. The van der Waals surface area contributed by atoms with Gasteiger partial charge in [-0.25, -0.2) is 4.98 Å².